The molecule has 1 aromatic rings. The van der Waals surface area contributed by atoms with E-state index < -0.39 is 0 Å². The summed E-state index contributed by atoms with van der Waals surface area (Å²) in [5.74, 6) is 0.0613. The summed E-state index contributed by atoms with van der Waals surface area (Å²) < 4.78 is 6.79. The number of benzene rings is 1. The predicted molar refractivity (Wildman–Crippen MR) is 67.0 cm³/mol. The van der Waals surface area contributed by atoms with Crippen molar-refractivity contribution < 1.29 is 9.53 Å². The molecule has 0 aromatic heterocycles. The second kappa shape index (κ2) is 5.66. The Morgan fingerprint density at radius 1 is 1.40 bits per heavy atom. The minimum Gasteiger partial charge on any atom is -0.462 e. The Morgan fingerprint density at radius 2 is 2.07 bits per heavy atom. The molecule has 82 valence electrons. The van der Waals surface area contributed by atoms with Crippen LogP contribution < -0.4 is 0 Å². The second-order valence-electron chi connectivity index (χ2n) is 3.62. The van der Waals surface area contributed by atoms with Crippen molar-refractivity contribution in [2.75, 3.05) is 6.61 Å². The largest absolute Gasteiger partial charge is 0.462 e. The number of rotatable bonds is 3. The van der Waals surface area contributed by atoms with Crippen LogP contribution >= 0.6 is 31.9 Å². The van der Waals surface area contributed by atoms with E-state index >= 15 is 0 Å². The fourth-order valence-corrected chi connectivity index (χ4v) is 2.18. The average molecular weight is 336 g/mol. The minimum absolute atomic E-state index is 0.289. The molecule has 0 saturated carbocycles. The van der Waals surface area contributed by atoms with Gasteiger partial charge in [0.15, 0.2) is 0 Å². The van der Waals surface area contributed by atoms with Crippen LogP contribution in [0, 0.1) is 5.92 Å². The fraction of sp³-hybridized carbons (Fsp3) is 0.364. The number of hydrogen-bond donors (Lipinski definition) is 0. The Morgan fingerprint density at radius 3 is 2.60 bits per heavy atom. The lowest BCUT2D eigenvalue weighted by molar-refractivity contribution is 0.0458. The van der Waals surface area contributed by atoms with Crippen molar-refractivity contribution in [1.82, 2.24) is 0 Å². The van der Waals surface area contributed by atoms with Gasteiger partial charge in [-0.3, -0.25) is 0 Å². The third kappa shape index (κ3) is 3.95. The molecule has 0 saturated heterocycles. The van der Waals surface area contributed by atoms with Gasteiger partial charge < -0.3 is 4.74 Å². The summed E-state index contributed by atoms with van der Waals surface area (Å²) in [5, 5.41) is 0. The summed E-state index contributed by atoms with van der Waals surface area (Å²) in [6.45, 7) is 4.45. The molecule has 1 aromatic carbocycles. The van der Waals surface area contributed by atoms with Gasteiger partial charge in [0.05, 0.1) is 12.2 Å². The lowest BCUT2D eigenvalue weighted by atomic mass is 10.2. The summed E-state index contributed by atoms with van der Waals surface area (Å²) in [4.78, 5) is 11.6. The summed E-state index contributed by atoms with van der Waals surface area (Å²) in [7, 11) is 0. The van der Waals surface area contributed by atoms with E-state index in [4.69, 9.17) is 4.74 Å². The molecular weight excluding hydrogens is 324 g/mol. The number of carbonyl (C=O) groups excluding carboxylic acids is 1. The average Bonchev–Trinajstić information content (AvgIpc) is 2.14. The maximum atomic E-state index is 11.6. The Hall–Kier alpha value is -0.350. The molecule has 0 bridgehead atoms. The van der Waals surface area contributed by atoms with Crippen molar-refractivity contribution in [2.24, 2.45) is 5.92 Å². The van der Waals surface area contributed by atoms with Crippen molar-refractivity contribution in [2.45, 2.75) is 13.8 Å². The fourth-order valence-electron chi connectivity index (χ4n) is 0.975. The molecule has 0 aliphatic heterocycles. The van der Waals surface area contributed by atoms with Gasteiger partial charge in [0.2, 0.25) is 0 Å². The van der Waals surface area contributed by atoms with Gasteiger partial charge in [-0.2, -0.15) is 0 Å². The Bertz CT molecular complexity index is 362. The molecule has 0 radical (unpaired) electrons. The molecule has 0 aliphatic carbocycles. The molecule has 0 unspecified atom stereocenters. The zero-order chi connectivity index (χ0) is 11.4. The topological polar surface area (TPSA) is 26.3 Å². The van der Waals surface area contributed by atoms with Gasteiger partial charge in [-0.1, -0.05) is 29.8 Å². The SMILES string of the molecule is CC(C)COC(=O)c1ccc(Br)cc1Br. The van der Waals surface area contributed by atoms with E-state index in [1.54, 1.807) is 6.07 Å². The first-order valence-corrected chi connectivity index (χ1v) is 6.21. The third-order valence-electron chi connectivity index (χ3n) is 1.70. The highest BCUT2D eigenvalue weighted by molar-refractivity contribution is 9.11. The number of halogens is 2. The minimum atomic E-state index is -0.289. The molecule has 0 atom stereocenters. The van der Waals surface area contributed by atoms with Crippen LogP contribution in [0.25, 0.3) is 0 Å². The number of ether oxygens (including phenoxy) is 1. The van der Waals surface area contributed by atoms with E-state index in [2.05, 4.69) is 31.9 Å². The smallest absolute Gasteiger partial charge is 0.339 e. The van der Waals surface area contributed by atoms with Crippen LogP contribution in [0.2, 0.25) is 0 Å². The molecule has 0 fully saturated rings. The van der Waals surface area contributed by atoms with Crippen LogP contribution in [0.5, 0.6) is 0 Å². The summed E-state index contributed by atoms with van der Waals surface area (Å²) in [5.41, 5.74) is 0.554. The maximum Gasteiger partial charge on any atom is 0.339 e. The lowest BCUT2D eigenvalue weighted by Gasteiger charge is -2.08. The number of esters is 1. The third-order valence-corrected chi connectivity index (χ3v) is 2.85. The van der Waals surface area contributed by atoms with E-state index in [9.17, 15) is 4.79 Å². The Labute approximate surface area is 106 Å². The van der Waals surface area contributed by atoms with Crippen molar-refractivity contribution in [3.63, 3.8) is 0 Å². The van der Waals surface area contributed by atoms with Crippen LogP contribution in [-0.4, -0.2) is 12.6 Å². The summed E-state index contributed by atoms with van der Waals surface area (Å²) in [6, 6.07) is 5.37. The lowest BCUT2D eigenvalue weighted by Crippen LogP contribution is -2.10. The summed E-state index contributed by atoms with van der Waals surface area (Å²) in [6.07, 6.45) is 0. The standard InChI is InChI=1S/C11H12Br2O2/c1-7(2)6-15-11(14)9-4-3-8(12)5-10(9)13/h3-5,7H,6H2,1-2H3. The molecule has 2 nitrogen and oxygen atoms in total. The Balaban J connectivity index is 2.74. The Kier molecular flexibility index (Phi) is 4.80. The van der Waals surface area contributed by atoms with Gasteiger partial charge in [0.25, 0.3) is 0 Å². The first-order chi connectivity index (χ1) is 7.00. The molecule has 0 heterocycles. The van der Waals surface area contributed by atoms with Crippen molar-refractivity contribution >= 4 is 37.8 Å². The maximum absolute atomic E-state index is 11.6. The van der Waals surface area contributed by atoms with E-state index in [1.165, 1.54) is 0 Å². The van der Waals surface area contributed by atoms with Gasteiger partial charge in [-0.15, -0.1) is 0 Å². The quantitative estimate of drug-likeness (QED) is 0.780. The van der Waals surface area contributed by atoms with Gasteiger partial charge in [0, 0.05) is 8.95 Å². The van der Waals surface area contributed by atoms with Crippen molar-refractivity contribution in [3.8, 4) is 0 Å². The van der Waals surface area contributed by atoms with Crippen LogP contribution in [0.15, 0.2) is 27.1 Å². The first-order valence-electron chi connectivity index (χ1n) is 4.63. The predicted octanol–water partition coefficient (Wildman–Crippen LogP) is 4.02. The van der Waals surface area contributed by atoms with Gasteiger partial charge in [0.1, 0.15) is 0 Å². The van der Waals surface area contributed by atoms with E-state index in [1.807, 2.05) is 26.0 Å². The van der Waals surface area contributed by atoms with Crippen LogP contribution in [-0.2, 0) is 4.74 Å². The molecule has 0 N–H and O–H groups in total. The molecular formula is C11H12Br2O2. The first kappa shape index (κ1) is 12.7. The molecule has 1 rings (SSSR count). The molecule has 0 spiro atoms. The molecule has 0 aliphatic rings. The normalized spacial score (nSPS) is 10.5. The number of hydrogen-bond acceptors (Lipinski definition) is 2. The highest BCUT2D eigenvalue weighted by Crippen LogP contribution is 2.22. The van der Waals surface area contributed by atoms with Crippen LogP contribution in [0.4, 0.5) is 0 Å². The van der Waals surface area contributed by atoms with E-state index in [0.717, 1.165) is 8.95 Å². The van der Waals surface area contributed by atoms with E-state index in [-0.39, 0.29) is 5.97 Å². The number of carbonyl (C=O) groups is 1. The van der Waals surface area contributed by atoms with Crippen molar-refractivity contribution in [3.05, 3.63) is 32.7 Å². The summed E-state index contributed by atoms with van der Waals surface area (Å²) >= 11 is 6.65. The van der Waals surface area contributed by atoms with Gasteiger partial charge >= 0.3 is 5.97 Å². The molecule has 15 heavy (non-hydrogen) atoms. The van der Waals surface area contributed by atoms with Gasteiger partial charge in [-0.25, -0.2) is 4.79 Å². The molecule has 0 amide bonds. The van der Waals surface area contributed by atoms with E-state index in [0.29, 0.717) is 18.1 Å². The van der Waals surface area contributed by atoms with Crippen molar-refractivity contribution in [1.29, 1.82) is 0 Å². The monoisotopic (exact) mass is 334 g/mol. The van der Waals surface area contributed by atoms with Crippen LogP contribution in [0.3, 0.4) is 0 Å². The highest BCUT2D eigenvalue weighted by atomic mass is 79.9. The van der Waals surface area contributed by atoms with Crippen LogP contribution in [0.1, 0.15) is 24.2 Å². The van der Waals surface area contributed by atoms with Gasteiger partial charge in [-0.05, 0) is 40.0 Å². The molecule has 4 heteroatoms. The second-order valence-corrected chi connectivity index (χ2v) is 5.39. The highest BCUT2D eigenvalue weighted by Gasteiger charge is 2.11. The zero-order valence-corrected chi connectivity index (χ0v) is 11.8. The zero-order valence-electron chi connectivity index (χ0n) is 8.59.